The number of aromatic nitrogens is 1. The number of halogens is 1. The minimum atomic E-state index is 0.0468. The topological polar surface area (TPSA) is 63.7 Å². The van der Waals surface area contributed by atoms with Crippen LogP contribution < -0.4 is 14.8 Å². The Kier molecular flexibility index (Phi) is 7.51. The molecule has 1 unspecified atom stereocenters. The van der Waals surface area contributed by atoms with E-state index in [0.717, 1.165) is 36.6 Å². The Morgan fingerprint density at radius 2 is 2.32 bits per heavy atom. The second kappa shape index (κ2) is 10.3. The van der Waals surface area contributed by atoms with Gasteiger partial charge in [-0.15, -0.1) is 0 Å². The second-order valence-electron chi connectivity index (χ2n) is 6.91. The van der Waals surface area contributed by atoms with Gasteiger partial charge in [-0.2, -0.15) is 0 Å². The fourth-order valence-corrected chi connectivity index (χ4v) is 3.35. The summed E-state index contributed by atoms with van der Waals surface area (Å²) in [6.45, 7) is 5.36. The van der Waals surface area contributed by atoms with Crippen molar-refractivity contribution < 1.29 is 14.3 Å². The molecule has 0 aliphatic carbocycles. The van der Waals surface area contributed by atoms with Crippen molar-refractivity contribution in [3.63, 3.8) is 0 Å². The zero-order valence-electron chi connectivity index (χ0n) is 16.1. The van der Waals surface area contributed by atoms with Crippen molar-refractivity contribution in [1.82, 2.24) is 15.2 Å². The lowest BCUT2D eigenvalue weighted by Crippen LogP contribution is -2.35. The number of carbonyl (C=O) groups excluding carboxylic acids is 1. The Bertz CT molecular complexity index is 773. The van der Waals surface area contributed by atoms with Gasteiger partial charge >= 0.3 is 0 Å². The standard InChI is InChI=1S/C21H26ClN3O3/c1-16-14-25(15-17-12-18(22)5-6-20(17)28-16)10-7-21(26)24-9-3-11-27-19-4-2-8-23-13-19/h2,4-6,8,12-13,16H,3,7,9-11,14-15H2,1H3,(H,24,26). The normalized spacial score (nSPS) is 16.6. The summed E-state index contributed by atoms with van der Waals surface area (Å²) in [5.74, 6) is 1.66. The van der Waals surface area contributed by atoms with Crippen molar-refractivity contribution in [3.8, 4) is 11.5 Å². The van der Waals surface area contributed by atoms with Gasteiger partial charge in [-0.3, -0.25) is 14.7 Å². The van der Waals surface area contributed by atoms with E-state index in [1.54, 1.807) is 12.4 Å². The highest BCUT2D eigenvalue weighted by molar-refractivity contribution is 6.30. The molecule has 1 aliphatic heterocycles. The molecule has 0 fully saturated rings. The molecule has 28 heavy (non-hydrogen) atoms. The second-order valence-corrected chi connectivity index (χ2v) is 7.34. The molecule has 7 heteroatoms. The fourth-order valence-electron chi connectivity index (χ4n) is 3.15. The van der Waals surface area contributed by atoms with Crippen molar-refractivity contribution >= 4 is 17.5 Å². The van der Waals surface area contributed by atoms with Crippen LogP contribution in [-0.2, 0) is 11.3 Å². The van der Waals surface area contributed by atoms with Gasteiger partial charge in [0, 0.05) is 49.4 Å². The molecule has 6 nitrogen and oxygen atoms in total. The number of carbonyl (C=O) groups is 1. The lowest BCUT2D eigenvalue weighted by Gasteiger charge is -2.21. The minimum absolute atomic E-state index is 0.0468. The van der Waals surface area contributed by atoms with Gasteiger partial charge in [0.2, 0.25) is 5.91 Å². The predicted molar refractivity (Wildman–Crippen MR) is 109 cm³/mol. The number of amides is 1. The number of ether oxygens (including phenoxy) is 2. The maximum Gasteiger partial charge on any atom is 0.221 e. The maximum absolute atomic E-state index is 12.1. The molecule has 3 rings (SSSR count). The molecule has 0 saturated heterocycles. The minimum Gasteiger partial charge on any atom is -0.492 e. The van der Waals surface area contributed by atoms with Crippen LogP contribution in [0.1, 0.15) is 25.3 Å². The lowest BCUT2D eigenvalue weighted by molar-refractivity contribution is -0.121. The molecule has 2 heterocycles. The van der Waals surface area contributed by atoms with Crippen molar-refractivity contribution in [2.24, 2.45) is 0 Å². The fraction of sp³-hybridized carbons (Fsp3) is 0.429. The highest BCUT2D eigenvalue weighted by Crippen LogP contribution is 2.28. The Morgan fingerprint density at radius 3 is 3.14 bits per heavy atom. The Labute approximate surface area is 170 Å². The molecule has 1 aromatic carbocycles. The van der Waals surface area contributed by atoms with Crippen LogP contribution in [0.5, 0.6) is 11.5 Å². The van der Waals surface area contributed by atoms with E-state index in [0.29, 0.717) is 31.1 Å². The maximum atomic E-state index is 12.1. The summed E-state index contributed by atoms with van der Waals surface area (Å²) in [5.41, 5.74) is 1.06. The first-order chi connectivity index (χ1) is 13.6. The Hall–Kier alpha value is -2.31. The van der Waals surface area contributed by atoms with Gasteiger partial charge in [0.05, 0.1) is 12.8 Å². The van der Waals surface area contributed by atoms with Crippen LogP contribution >= 0.6 is 11.6 Å². The Balaban J connectivity index is 1.37. The summed E-state index contributed by atoms with van der Waals surface area (Å²) in [4.78, 5) is 18.4. The zero-order chi connectivity index (χ0) is 19.8. The zero-order valence-corrected chi connectivity index (χ0v) is 16.8. The van der Waals surface area contributed by atoms with E-state index in [1.807, 2.05) is 37.3 Å². The van der Waals surface area contributed by atoms with E-state index < -0.39 is 0 Å². The van der Waals surface area contributed by atoms with E-state index in [9.17, 15) is 4.79 Å². The highest BCUT2D eigenvalue weighted by atomic mass is 35.5. The number of nitrogens with one attached hydrogen (secondary N) is 1. The number of hydrogen-bond donors (Lipinski definition) is 1. The largest absolute Gasteiger partial charge is 0.492 e. The quantitative estimate of drug-likeness (QED) is 0.685. The average molecular weight is 404 g/mol. The molecule has 0 spiro atoms. The number of nitrogens with zero attached hydrogens (tertiary/aromatic N) is 2. The summed E-state index contributed by atoms with van der Waals surface area (Å²) in [7, 11) is 0. The van der Waals surface area contributed by atoms with Crippen molar-refractivity contribution in [2.45, 2.75) is 32.4 Å². The van der Waals surface area contributed by atoms with Crippen molar-refractivity contribution in [2.75, 3.05) is 26.2 Å². The molecule has 1 aliphatic rings. The third-order valence-corrected chi connectivity index (χ3v) is 4.70. The van der Waals surface area contributed by atoms with E-state index >= 15 is 0 Å². The molecule has 0 bridgehead atoms. The molecule has 0 radical (unpaired) electrons. The molecular formula is C21H26ClN3O3. The molecule has 150 valence electrons. The molecular weight excluding hydrogens is 378 g/mol. The van der Waals surface area contributed by atoms with Crippen LogP contribution in [0.3, 0.4) is 0 Å². The third kappa shape index (κ3) is 6.39. The van der Waals surface area contributed by atoms with Gasteiger partial charge in [0.15, 0.2) is 0 Å². The molecule has 1 atom stereocenters. The summed E-state index contributed by atoms with van der Waals surface area (Å²) in [6, 6.07) is 9.39. The third-order valence-electron chi connectivity index (χ3n) is 4.46. The predicted octanol–water partition coefficient (Wildman–Crippen LogP) is 3.29. The van der Waals surface area contributed by atoms with Crippen molar-refractivity contribution in [3.05, 3.63) is 53.3 Å². The van der Waals surface area contributed by atoms with Crippen LogP contribution in [0.25, 0.3) is 0 Å². The first-order valence-electron chi connectivity index (χ1n) is 9.57. The summed E-state index contributed by atoms with van der Waals surface area (Å²) in [6.07, 6.45) is 4.65. The van der Waals surface area contributed by atoms with Crippen LogP contribution in [0.2, 0.25) is 5.02 Å². The molecule has 0 saturated carbocycles. The van der Waals surface area contributed by atoms with Crippen LogP contribution in [0.4, 0.5) is 0 Å². The van der Waals surface area contributed by atoms with Gasteiger partial charge in [0.25, 0.3) is 0 Å². The van der Waals surface area contributed by atoms with Crippen molar-refractivity contribution in [1.29, 1.82) is 0 Å². The lowest BCUT2D eigenvalue weighted by atomic mass is 10.2. The number of fused-ring (bicyclic) bond motifs is 1. The number of benzene rings is 1. The van der Waals surface area contributed by atoms with E-state index in [4.69, 9.17) is 21.1 Å². The average Bonchev–Trinajstić information content (AvgIpc) is 2.84. The number of rotatable bonds is 8. The van der Waals surface area contributed by atoms with Gasteiger partial charge < -0.3 is 14.8 Å². The molecule has 1 amide bonds. The summed E-state index contributed by atoms with van der Waals surface area (Å²) >= 11 is 6.11. The van der Waals surface area contributed by atoms with Crippen LogP contribution in [0, 0.1) is 0 Å². The van der Waals surface area contributed by atoms with Gasteiger partial charge in [-0.1, -0.05) is 11.6 Å². The smallest absolute Gasteiger partial charge is 0.221 e. The number of hydrogen-bond acceptors (Lipinski definition) is 5. The highest BCUT2D eigenvalue weighted by Gasteiger charge is 2.20. The van der Waals surface area contributed by atoms with E-state index in [-0.39, 0.29) is 12.0 Å². The van der Waals surface area contributed by atoms with E-state index in [1.165, 1.54) is 0 Å². The molecule has 2 aromatic rings. The molecule has 1 aromatic heterocycles. The van der Waals surface area contributed by atoms with E-state index in [2.05, 4.69) is 15.2 Å². The number of pyridine rings is 1. The van der Waals surface area contributed by atoms with Crippen LogP contribution in [0.15, 0.2) is 42.7 Å². The molecule has 1 N–H and O–H groups in total. The monoisotopic (exact) mass is 403 g/mol. The Morgan fingerprint density at radius 1 is 1.43 bits per heavy atom. The van der Waals surface area contributed by atoms with Gasteiger partial charge in [0.1, 0.15) is 17.6 Å². The summed E-state index contributed by atoms with van der Waals surface area (Å²) in [5, 5.41) is 3.65. The summed E-state index contributed by atoms with van der Waals surface area (Å²) < 4.78 is 11.5. The van der Waals surface area contributed by atoms with Gasteiger partial charge in [-0.05, 0) is 43.7 Å². The first kappa shape index (κ1) is 20.4. The van der Waals surface area contributed by atoms with Gasteiger partial charge in [-0.25, -0.2) is 0 Å². The first-order valence-corrected chi connectivity index (χ1v) is 9.95. The van der Waals surface area contributed by atoms with Crippen LogP contribution in [-0.4, -0.2) is 48.1 Å². The SMILES string of the molecule is CC1CN(CCC(=O)NCCCOc2cccnc2)Cc2cc(Cl)ccc2O1.